The molecule has 88 valence electrons. The second kappa shape index (κ2) is 4.81. The zero-order valence-electron chi connectivity index (χ0n) is 9.87. The Hall–Kier alpha value is -0.120. The van der Waals surface area contributed by atoms with Crippen molar-refractivity contribution in [2.75, 3.05) is 32.8 Å². The van der Waals surface area contributed by atoms with Gasteiger partial charge in [0.05, 0.1) is 13.2 Å². The van der Waals surface area contributed by atoms with Gasteiger partial charge >= 0.3 is 0 Å². The predicted molar refractivity (Wildman–Crippen MR) is 61.8 cm³/mol. The molecule has 2 rings (SSSR count). The van der Waals surface area contributed by atoms with Crippen LogP contribution in [-0.2, 0) is 4.74 Å². The molecule has 0 radical (unpaired) electrons. The number of rotatable bonds is 2. The molecule has 2 fully saturated rings. The molecule has 0 aromatic carbocycles. The van der Waals surface area contributed by atoms with Crippen molar-refractivity contribution in [3.05, 3.63) is 0 Å². The van der Waals surface area contributed by atoms with Crippen LogP contribution in [-0.4, -0.2) is 43.3 Å². The van der Waals surface area contributed by atoms with E-state index in [-0.39, 0.29) is 0 Å². The summed E-state index contributed by atoms with van der Waals surface area (Å²) in [6.07, 6.45) is 5.29. The van der Waals surface area contributed by atoms with Gasteiger partial charge in [-0.1, -0.05) is 19.8 Å². The Bertz CT molecular complexity index is 204. The van der Waals surface area contributed by atoms with Gasteiger partial charge in [-0.3, -0.25) is 4.90 Å². The van der Waals surface area contributed by atoms with Gasteiger partial charge in [0.25, 0.3) is 0 Å². The lowest BCUT2D eigenvalue weighted by molar-refractivity contribution is -0.0407. The topological polar surface area (TPSA) is 38.5 Å². The number of hydrogen-bond acceptors (Lipinski definition) is 3. The fraction of sp³-hybridized carbons (Fsp3) is 1.00. The Kier molecular flexibility index (Phi) is 3.65. The van der Waals surface area contributed by atoms with Crippen molar-refractivity contribution >= 4 is 0 Å². The van der Waals surface area contributed by atoms with Crippen LogP contribution in [0.15, 0.2) is 0 Å². The molecule has 0 bridgehead atoms. The predicted octanol–water partition coefficient (Wildman–Crippen LogP) is 1.23. The van der Waals surface area contributed by atoms with Crippen molar-refractivity contribution in [3.63, 3.8) is 0 Å². The minimum atomic E-state index is 0.293. The van der Waals surface area contributed by atoms with Gasteiger partial charge in [-0.15, -0.1) is 0 Å². The molecule has 1 saturated carbocycles. The molecule has 0 spiro atoms. The highest BCUT2D eigenvalue weighted by atomic mass is 16.5. The summed E-state index contributed by atoms with van der Waals surface area (Å²) in [6, 6.07) is 0. The Balaban J connectivity index is 2.04. The van der Waals surface area contributed by atoms with Crippen molar-refractivity contribution < 1.29 is 4.74 Å². The molecular weight excluding hydrogens is 188 g/mol. The van der Waals surface area contributed by atoms with E-state index in [0.717, 1.165) is 38.8 Å². The van der Waals surface area contributed by atoms with E-state index in [1.54, 1.807) is 0 Å². The standard InChI is InChI=1S/C12H24N2O/c1-11-3-2-4-12(9-11,10-13)14-5-7-15-8-6-14/h11H,2-10,13H2,1H3. The van der Waals surface area contributed by atoms with Crippen LogP contribution in [0, 0.1) is 5.92 Å². The van der Waals surface area contributed by atoms with Gasteiger partial charge < -0.3 is 10.5 Å². The molecule has 1 aliphatic heterocycles. The second-order valence-electron chi connectivity index (χ2n) is 5.23. The number of nitrogens with two attached hydrogens (primary N) is 1. The third-order valence-corrected chi connectivity index (χ3v) is 4.13. The van der Waals surface area contributed by atoms with E-state index < -0.39 is 0 Å². The first kappa shape index (κ1) is 11.4. The van der Waals surface area contributed by atoms with Crippen molar-refractivity contribution in [1.82, 2.24) is 4.90 Å². The Morgan fingerprint density at radius 2 is 2.13 bits per heavy atom. The fourth-order valence-corrected chi connectivity index (χ4v) is 3.27. The van der Waals surface area contributed by atoms with Crippen molar-refractivity contribution in [2.24, 2.45) is 11.7 Å². The maximum Gasteiger partial charge on any atom is 0.0594 e. The van der Waals surface area contributed by atoms with Crippen molar-refractivity contribution in [1.29, 1.82) is 0 Å². The zero-order valence-corrected chi connectivity index (χ0v) is 9.87. The van der Waals surface area contributed by atoms with Crippen LogP contribution in [0.4, 0.5) is 0 Å². The summed E-state index contributed by atoms with van der Waals surface area (Å²) in [5.74, 6) is 0.838. The fourth-order valence-electron chi connectivity index (χ4n) is 3.27. The van der Waals surface area contributed by atoms with Crippen LogP contribution < -0.4 is 5.73 Å². The number of morpholine rings is 1. The zero-order chi connectivity index (χ0) is 10.7. The molecule has 15 heavy (non-hydrogen) atoms. The van der Waals surface area contributed by atoms with Gasteiger partial charge in [-0.2, -0.15) is 0 Å². The lowest BCUT2D eigenvalue weighted by atomic mass is 9.75. The molecule has 3 nitrogen and oxygen atoms in total. The summed E-state index contributed by atoms with van der Waals surface area (Å²) < 4.78 is 5.42. The van der Waals surface area contributed by atoms with Gasteiger partial charge in [0.15, 0.2) is 0 Å². The smallest absolute Gasteiger partial charge is 0.0594 e. The second-order valence-corrected chi connectivity index (χ2v) is 5.23. The maximum absolute atomic E-state index is 6.05. The van der Waals surface area contributed by atoms with Gasteiger partial charge in [-0.05, 0) is 18.8 Å². The summed E-state index contributed by atoms with van der Waals surface area (Å²) in [5.41, 5.74) is 6.34. The maximum atomic E-state index is 6.05. The molecule has 3 heteroatoms. The van der Waals surface area contributed by atoms with Crippen LogP contribution in [0.3, 0.4) is 0 Å². The molecule has 1 heterocycles. The number of ether oxygens (including phenoxy) is 1. The van der Waals surface area contributed by atoms with Crippen LogP contribution in [0.25, 0.3) is 0 Å². The average molecular weight is 212 g/mol. The first-order valence-electron chi connectivity index (χ1n) is 6.30. The molecule has 0 aromatic heterocycles. The van der Waals surface area contributed by atoms with E-state index in [4.69, 9.17) is 10.5 Å². The number of hydrogen-bond donors (Lipinski definition) is 1. The lowest BCUT2D eigenvalue weighted by Gasteiger charge is -2.49. The quantitative estimate of drug-likeness (QED) is 0.748. The first-order valence-corrected chi connectivity index (χ1v) is 6.30. The third-order valence-electron chi connectivity index (χ3n) is 4.13. The summed E-state index contributed by atoms with van der Waals surface area (Å²) in [7, 11) is 0. The lowest BCUT2D eigenvalue weighted by Crippen LogP contribution is -2.59. The van der Waals surface area contributed by atoms with E-state index in [9.17, 15) is 0 Å². The monoisotopic (exact) mass is 212 g/mol. The number of nitrogens with zero attached hydrogens (tertiary/aromatic N) is 1. The molecular formula is C12H24N2O. The molecule has 2 unspecified atom stereocenters. The molecule has 2 atom stereocenters. The summed E-state index contributed by atoms with van der Waals surface area (Å²) >= 11 is 0. The minimum Gasteiger partial charge on any atom is -0.379 e. The van der Waals surface area contributed by atoms with Crippen LogP contribution >= 0.6 is 0 Å². The van der Waals surface area contributed by atoms with Gasteiger partial charge in [-0.25, -0.2) is 0 Å². The highest BCUT2D eigenvalue weighted by Crippen LogP contribution is 2.36. The van der Waals surface area contributed by atoms with E-state index in [2.05, 4.69) is 11.8 Å². The van der Waals surface area contributed by atoms with Gasteiger partial charge in [0.1, 0.15) is 0 Å². The minimum absolute atomic E-state index is 0.293. The molecule has 0 aromatic rings. The molecule has 1 aliphatic carbocycles. The normalized spacial score (nSPS) is 39.2. The van der Waals surface area contributed by atoms with Crippen LogP contribution in [0.1, 0.15) is 32.6 Å². The van der Waals surface area contributed by atoms with E-state index >= 15 is 0 Å². The van der Waals surface area contributed by atoms with Crippen LogP contribution in [0.2, 0.25) is 0 Å². The van der Waals surface area contributed by atoms with Crippen molar-refractivity contribution in [3.8, 4) is 0 Å². The Morgan fingerprint density at radius 1 is 1.40 bits per heavy atom. The largest absolute Gasteiger partial charge is 0.379 e. The Morgan fingerprint density at radius 3 is 2.73 bits per heavy atom. The molecule has 0 amide bonds. The van der Waals surface area contributed by atoms with Gasteiger partial charge in [0.2, 0.25) is 0 Å². The summed E-state index contributed by atoms with van der Waals surface area (Å²) in [6.45, 7) is 7.10. The first-order chi connectivity index (χ1) is 7.27. The average Bonchev–Trinajstić information content (AvgIpc) is 2.30. The van der Waals surface area contributed by atoms with E-state index in [1.165, 1.54) is 25.7 Å². The molecule has 2 N–H and O–H groups in total. The summed E-state index contributed by atoms with van der Waals surface area (Å²) in [5, 5.41) is 0. The van der Waals surface area contributed by atoms with E-state index in [1.807, 2.05) is 0 Å². The highest BCUT2D eigenvalue weighted by Gasteiger charge is 2.39. The third kappa shape index (κ3) is 2.35. The van der Waals surface area contributed by atoms with E-state index in [0.29, 0.717) is 5.54 Å². The Labute approximate surface area is 93.0 Å². The SMILES string of the molecule is CC1CCCC(CN)(N2CCOCC2)C1. The van der Waals surface area contributed by atoms with Crippen molar-refractivity contribution in [2.45, 2.75) is 38.1 Å². The highest BCUT2D eigenvalue weighted by molar-refractivity contribution is 4.96. The van der Waals surface area contributed by atoms with Crippen LogP contribution in [0.5, 0.6) is 0 Å². The molecule has 2 aliphatic rings. The van der Waals surface area contributed by atoms with Gasteiger partial charge in [0, 0.05) is 25.2 Å². The summed E-state index contributed by atoms with van der Waals surface area (Å²) in [4.78, 5) is 2.59. The molecule has 1 saturated heterocycles.